The summed E-state index contributed by atoms with van der Waals surface area (Å²) in [6, 6.07) is 9.89. The highest BCUT2D eigenvalue weighted by molar-refractivity contribution is 7.20. The summed E-state index contributed by atoms with van der Waals surface area (Å²) in [7, 11) is 1.90. The molecule has 130 valence electrons. The van der Waals surface area contributed by atoms with Gasteiger partial charge < -0.3 is 15.0 Å². The van der Waals surface area contributed by atoms with Crippen LogP contribution in [0.15, 0.2) is 30.3 Å². The second kappa shape index (κ2) is 6.50. The summed E-state index contributed by atoms with van der Waals surface area (Å²) in [6.07, 6.45) is 0. The summed E-state index contributed by atoms with van der Waals surface area (Å²) >= 11 is 1.46. The first-order chi connectivity index (χ1) is 12.1. The van der Waals surface area contributed by atoms with E-state index in [1.54, 1.807) is 0 Å². The molecule has 4 rings (SSSR count). The van der Waals surface area contributed by atoms with Gasteiger partial charge in [-0.15, -0.1) is 11.3 Å². The van der Waals surface area contributed by atoms with E-state index in [-0.39, 0.29) is 5.91 Å². The Morgan fingerprint density at radius 3 is 2.64 bits per heavy atom. The zero-order chi connectivity index (χ0) is 17.4. The number of nitrogens with zero attached hydrogens (tertiary/aromatic N) is 3. The molecule has 2 aromatic heterocycles. The third kappa shape index (κ3) is 3.12. The van der Waals surface area contributed by atoms with Crippen LogP contribution in [0.1, 0.15) is 15.4 Å². The van der Waals surface area contributed by atoms with E-state index in [2.05, 4.69) is 15.3 Å². The number of morpholine rings is 1. The maximum atomic E-state index is 12.5. The van der Waals surface area contributed by atoms with Crippen molar-refractivity contribution in [2.45, 2.75) is 6.92 Å². The standard InChI is InChI=1S/C18H20N4O2S/c1-12-15-11-16(25-18(15)21(2)20-12)17(23)19-13-3-5-14(6-4-13)22-7-9-24-10-8-22/h3-6,11H,7-10H2,1-2H3,(H,19,23). The lowest BCUT2D eigenvalue weighted by atomic mass is 10.2. The van der Waals surface area contributed by atoms with Crippen molar-refractivity contribution in [3.8, 4) is 0 Å². The fourth-order valence-corrected chi connectivity index (χ4v) is 4.11. The number of amides is 1. The van der Waals surface area contributed by atoms with Gasteiger partial charge in [0.25, 0.3) is 5.91 Å². The molecular weight excluding hydrogens is 336 g/mol. The highest BCUT2D eigenvalue weighted by atomic mass is 32.1. The molecule has 6 nitrogen and oxygen atoms in total. The fourth-order valence-electron chi connectivity index (χ4n) is 3.09. The summed E-state index contributed by atoms with van der Waals surface area (Å²) in [5.74, 6) is -0.0836. The molecule has 3 heterocycles. The number of hydrogen-bond acceptors (Lipinski definition) is 5. The number of nitrogens with one attached hydrogen (secondary N) is 1. The van der Waals surface area contributed by atoms with Crippen LogP contribution in [0.4, 0.5) is 11.4 Å². The number of hydrogen-bond donors (Lipinski definition) is 1. The van der Waals surface area contributed by atoms with E-state index in [0.717, 1.165) is 53.6 Å². The van der Waals surface area contributed by atoms with Gasteiger partial charge in [0, 0.05) is 36.9 Å². The average Bonchev–Trinajstić information content (AvgIpc) is 3.18. The second-order valence-electron chi connectivity index (χ2n) is 6.14. The van der Waals surface area contributed by atoms with Gasteiger partial charge in [0.05, 0.1) is 23.8 Å². The Morgan fingerprint density at radius 2 is 1.96 bits per heavy atom. The minimum absolute atomic E-state index is 0.0836. The van der Waals surface area contributed by atoms with Crippen LogP contribution in [0.5, 0.6) is 0 Å². The Hall–Kier alpha value is -2.38. The molecule has 1 amide bonds. The molecule has 1 saturated heterocycles. The topological polar surface area (TPSA) is 59.4 Å². The predicted molar refractivity (Wildman–Crippen MR) is 101 cm³/mol. The Balaban J connectivity index is 1.48. The largest absolute Gasteiger partial charge is 0.378 e. The van der Waals surface area contributed by atoms with Crippen molar-refractivity contribution >= 4 is 38.8 Å². The van der Waals surface area contributed by atoms with Crippen LogP contribution in [0, 0.1) is 6.92 Å². The number of aromatic nitrogens is 2. The lowest BCUT2D eigenvalue weighted by Gasteiger charge is -2.28. The quantitative estimate of drug-likeness (QED) is 0.784. The fraction of sp³-hybridized carbons (Fsp3) is 0.333. The number of thiophene rings is 1. The van der Waals surface area contributed by atoms with Crippen molar-refractivity contribution in [3.63, 3.8) is 0 Å². The van der Waals surface area contributed by atoms with Gasteiger partial charge in [0.2, 0.25) is 0 Å². The Morgan fingerprint density at radius 1 is 1.24 bits per heavy atom. The Labute approximate surface area is 150 Å². The lowest BCUT2D eigenvalue weighted by Crippen LogP contribution is -2.36. The monoisotopic (exact) mass is 356 g/mol. The molecule has 0 spiro atoms. The van der Waals surface area contributed by atoms with E-state index in [4.69, 9.17) is 4.74 Å². The highest BCUT2D eigenvalue weighted by Gasteiger charge is 2.16. The highest BCUT2D eigenvalue weighted by Crippen LogP contribution is 2.28. The van der Waals surface area contributed by atoms with Crippen molar-refractivity contribution in [2.24, 2.45) is 7.05 Å². The van der Waals surface area contributed by atoms with Crippen molar-refractivity contribution in [1.82, 2.24) is 9.78 Å². The summed E-state index contributed by atoms with van der Waals surface area (Å²) in [5.41, 5.74) is 2.90. The number of anilines is 2. The van der Waals surface area contributed by atoms with E-state index < -0.39 is 0 Å². The van der Waals surface area contributed by atoms with Crippen LogP contribution in [0.3, 0.4) is 0 Å². The molecule has 0 unspecified atom stereocenters. The molecule has 0 atom stereocenters. The normalized spacial score (nSPS) is 14.9. The average molecular weight is 356 g/mol. The molecule has 0 radical (unpaired) electrons. The molecular formula is C18H20N4O2S. The SMILES string of the molecule is Cc1nn(C)c2sc(C(=O)Nc3ccc(N4CCOCC4)cc3)cc12. The van der Waals surface area contributed by atoms with Gasteiger partial charge in [-0.25, -0.2) is 0 Å². The molecule has 0 aliphatic carbocycles. The number of benzene rings is 1. The van der Waals surface area contributed by atoms with Crippen LogP contribution in [-0.4, -0.2) is 42.0 Å². The number of aryl methyl sites for hydroxylation is 2. The van der Waals surface area contributed by atoms with Crippen LogP contribution in [0.2, 0.25) is 0 Å². The van der Waals surface area contributed by atoms with E-state index >= 15 is 0 Å². The number of carbonyl (C=O) groups excluding carboxylic acids is 1. The predicted octanol–water partition coefficient (Wildman–Crippen LogP) is 3.03. The number of rotatable bonds is 3. The van der Waals surface area contributed by atoms with Gasteiger partial charge >= 0.3 is 0 Å². The van der Waals surface area contributed by atoms with Crippen molar-refractivity contribution in [1.29, 1.82) is 0 Å². The first-order valence-electron chi connectivity index (χ1n) is 8.29. The van der Waals surface area contributed by atoms with Crippen LogP contribution in [0.25, 0.3) is 10.2 Å². The second-order valence-corrected chi connectivity index (χ2v) is 7.17. The summed E-state index contributed by atoms with van der Waals surface area (Å²) < 4.78 is 7.20. The van der Waals surface area contributed by atoms with Gasteiger partial charge in [-0.2, -0.15) is 5.10 Å². The molecule has 3 aromatic rings. The van der Waals surface area contributed by atoms with E-state index in [9.17, 15) is 4.79 Å². The van der Waals surface area contributed by atoms with Crippen molar-refractivity contribution < 1.29 is 9.53 Å². The van der Waals surface area contributed by atoms with Crippen LogP contribution < -0.4 is 10.2 Å². The maximum Gasteiger partial charge on any atom is 0.265 e. The van der Waals surface area contributed by atoms with Crippen molar-refractivity contribution in [2.75, 3.05) is 36.5 Å². The van der Waals surface area contributed by atoms with E-state index in [1.165, 1.54) is 11.3 Å². The van der Waals surface area contributed by atoms with E-state index in [1.807, 2.05) is 49.0 Å². The van der Waals surface area contributed by atoms with Gasteiger partial charge in [-0.1, -0.05) is 0 Å². The molecule has 1 aliphatic rings. The molecule has 7 heteroatoms. The minimum atomic E-state index is -0.0836. The minimum Gasteiger partial charge on any atom is -0.378 e. The first kappa shape index (κ1) is 16.1. The third-order valence-electron chi connectivity index (χ3n) is 4.42. The molecule has 1 aromatic carbocycles. The van der Waals surface area contributed by atoms with E-state index in [0.29, 0.717) is 4.88 Å². The third-order valence-corrected chi connectivity index (χ3v) is 5.62. The Kier molecular flexibility index (Phi) is 4.19. The van der Waals surface area contributed by atoms with Gasteiger partial charge in [-0.3, -0.25) is 9.48 Å². The van der Waals surface area contributed by atoms with Gasteiger partial charge in [-0.05, 0) is 37.3 Å². The zero-order valence-electron chi connectivity index (χ0n) is 14.3. The molecule has 25 heavy (non-hydrogen) atoms. The maximum absolute atomic E-state index is 12.5. The summed E-state index contributed by atoms with van der Waals surface area (Å²) in [5, 5.41) is 8.39. The first-order valence-corrected chi connectivity index (χ1v) is 9.11. The van der Waals surface area contributed by atoms with Crippen LogP contribution in [-0.2, 0) is 11.8 Å². The molecule has 1 fully saturated rings. The molecule has 0 saturated carbocycles. The van der Waals surface area contributed by atoms with Gasteiger partial charge in [0.15, 0.2) is 0 Å². The summed E-state index contributed by atoms with van der Waals surface area (Å²) in [6.45, 7) is 5.29. The number of ether oxygens (including phenoxy) is 1. The molecule has 1 N–H and O–H groups in total. The molecule has 1 aliphatic heterocycles. The number of fused-ring (bicyclic) bond motifs is 1. The lowest BCUT2D eigenvalue weighted by molar-refractivity contribution is 0.103. The van der Waals surface area contributed by atoms with Crippen LogP contribution >= 0.6 is 11.3 Å². The van der Waals surface area contributed by atoms with Gasteiger partial charge in [0.1, 0.15) is 4.83 Å². The molecule has 0 bridgehead atoms. The zero-order valence-corrected chi connectivity index (χ0v) is 15.1. The number of carbonyl (C=O) groups is 1. The van der Waals surface area contributed by atoms with Crippen molar-refractivity contribution in [3.05, 3.63) is 40.9 Å². The Bertz CT molecular complexity index is 873. The summed E-state index contributed by atoms with van der Waals surface area (Å²) in [4.78, 5) is 16.5. The smallest absolute Gasteiger partial charge is 0.265 e.